The maximum atomic E-state index is 12.1. The van der Waals surface area contributed by atoms with Gasteiger partial charge in [-0.15, -0.1) is 0 Å². The summed E-state index contributed by atoms with van der Waals surface area (Å²) in [7, 11) is -7.31. The summed E-state index contributed by atoms with van der Waals surface area (Å²) in [5.74, 6) is 0.542. The van der Waals surface area contributed by atoms with E-state index in [1.807, 2.05) is 107 Å². The summed E-state index contributed by atoms with van der Waals surface area (Å²) in [4.78, 5) is 19.8. The van der Waals surface area contributed by atoms with Gasteiger partial charge in [0.2, 0.25) is 0 Å². The predicted octanol–water partition coefficient (Wildman–Crippen LogP) is 9.42. The maximum absolute atomic E-state index is 12.1. The minimum atomic E-state index is -3.66. The molecule has 0 spiro atoms. The zero-order valence-electron chi connectivity index (χ0n) is 29.8. The Bertz CT molecular complexity index is 1200. The van der Waals surface area contributed by atoms with Gasteiger partial charge in [0.15, 0.2) is 0 Å². The summed E-state index contributed by atoms with van der Waals surface area (Å²) in [6.45, 7) is 27.9. The molecule has 11 heteroatoms. The third kappa shape index (κ3) is 13.5. The van der Waals surface area contributed by atoms with E-state index in [1.165, 1.54) is 0 Å². The molecule has 0 radical (unpaired) electrons. The molecule has 2 aromatic rings. The van der Waals surface area contributed by atoms with Crippen LogP contribution in [0, 0.1) is 0 Å². The normalized spacial score (nSPS) is 15.3. The molecule has 2 atom stereocenters. The van der Waals surface area contributed by atoms with E-state index in [0.29, 0.717) is 11.1 Å². The van der Waals surface area contributed by atoms with Crippen LogP contribution >= 0.6 is 15.2 Å². The molecule has 262 valence electrons. The Labute approximate surface area is 282 Å². The van der Waals surface area contributed by atoms with Crippen molar-refractivity contribution in [3.63, 3.8) is 0 Å². The minimum Gasteiger partial charge on any atom is -0.507 e. The summed E-state index contributed by atoms with van der Waals surface area (Å²) in [5, 5.41) is 21.2. The van der Waals surface area contributed by atoms with Gasteiger partial charge in [0, 0.05) is 16.5 Å². The van der Waals surface area contributed by atoms with Gasteiger partial charge in [0.05, 0.1) is 25.5 Å². The number of hydrogen-bond donors (Lipinski definition) is 4. The Hall–Kier alpha value is -1.17. The largest absolute Gasteiger partial charge is 0.507 e. The fraction of sp³-hybridized carbons (Fsp3) is 0.647. The van der Waals surface area contributed by atoms with E-state index in [1.54, 1.807) is 13.8 Å². The van der Waals surface area contributed by atoms with Crippen LogP contribution < -0.4 is 0 Å². The standard InChI is InChI=1S/2C17H29O4P.Ni/c2*1-8-21-22(19,20)11-12-9-13(16(2,3)4)15(18)14(10-12)17(5,6)7;/h2*9-10,18H,8,11H2,1-7H3,(H,19,20);. The van der Waals surface area contributed by atoms with E-state index in [2.05, 4.69) is 0 Å². The van der Waals surface area contributed by atoms with Crippen LogP contribution in [0.2, 0.25) is 0 Å². The molecule has 2 unspecified atom stereocenters. The molecule has 0 aromatic heterocycles. The van der Waals surface area contributed by atoms with Gasteiger partial charge in [0.1, 0.15) is 11.5 Å². The summed E-state index contributed by atoms with van der Waals surface area (Å²) < 4.78 is 34.0. The number of phenols is 2. The number of rotatable bonds is 8. The maximum Gasteiger partial charge on any atom is 0.332 e. The third-order valence-electron chi connectivity index (χ3n) is 7.00. The van der Waals surface area contributed by atoms with Crippen molar-refractivity contribution < 1.29 is 54.7 Å². The monoisotopic (exact) mass is 714 g/mol. The van der Waals surface area contributed by atoms with Crippen molar-refractivity contribution in [3.8, 4) is 11.5 Å². The molecule has 0 bridgehead atoms. The zero-order chi connectivity index (χ0) is 34.7. The molecule has 2 aromatic carbocycles. The van der Waals surface area contributed by atoms with E-state index in [9.17, 15) is 29.1 Å². The molecule has 2 rings (SSSR count). The first-order chi connectivity index (χ1) is 19.6. The predicted molar refractivity (Wildman–Crippen MR) is 181 cm³/mol. The molecule has 0 fully saturated rings. The molecule has 0 aliphatic rings. The molecular formula is C34H58NiO8P2. The smallest absolute Gasteiger partial charge is 0.332 e. The van der Waals surface area contributed by atoms with Gasteiger partial charge < -0.3 is 29.0 Å². The van der Waals surface area contributed by atoms with Crippen molar-refractivity contribution in [2.24, 2.45) is 0 Å². The van der Waals surface area contributed by atoms with E-state index in [-0.39, 0.29) is 75.2 Å². The van der Waals surface area contributed by atoms with Crippen molar-refractivity contribution in [3.05, 3.63) is 57.6 Å². The Morgan fingerprint density at radius 1 is 0.533 bits per heavy atom. The van der Waals surface area contributed by atoms with Gasteiger partial charge in [-0.05, 0) is 68.9 Å². The van der Waals surface area contributed by atoms with Crippen LogP contribution in [0.4, 0.5) is 0 Å². The van der Waals surface area contributed by atoms with Gasteiger partial charge in [-0.2, -0.15) is 0 Å². The summed E-state index contributed by atoms with van der Waals surface area (Å²) >= 11 is 0. The first kappa shape index (κ1) is 43.8. The Balaban J connectivity index is 0.000000842. The fourth-order valence-electron chi connectivity index (χ4n) is 4.81. The van der Waals surface area contributed by atoms with E-state index in [0.717, 1.165) is 22.3 Å². The second-order valence-corrected chi connectivity index (χ2v) is 19.2. The molecule has 45 heavy (non-hydrogen) atoms. The quantitative estimate of drug-likeness (QED) is 0.157. The van der Waals surface area contributed by atoms with E-state index in [4.69, 9.17) is 9.05 Å². The third-order valence-corrected chi connectivity index (χ3v) is 9.85. The van der Waals surface area contributed by atoms with Crippen LogP contribution in [0.1, 0.15) is 130 Å². The number of hydrogen-bond acceptors (Lipinski definition) is 6. The van der Waals surface area contributed by atoms with Crippen LogP contribution in [0.5, 0.6) is 11.5 Å². The summed E-state index contributed by atoms with van der Waals surface area (Å²) in [6, 6.07) is 7.25. The Morgan fingerprint density at radius 2 is 0.733 bits per heavy atom. The second-order valence-electron chi connectivity index (χ2n) is 15.5. The molecule has 0 heterocycles. The molecule has 4 N–H and O–H groups in total. The molecule has 0 aliphatic heterocycles. The van der Waals surface area contributed by atoms with Crippen LogP contribution in [-0.4, -0.2) is 33.2 Å². The Kier molecular flexibility index (Phi) is 15.4. The minimum absolute atomic E-state index is 0. The average Bonchev–Trinajstić information content (AvgIpc) is 2.78. The van der Waals surface area contributed by atoms with Gasteiger partial charge in [-0.3, -0.25) is 9.13 Å². The van der Waals surface area contributed by atoms with Gasteiger partial charge >= 0.3 is 15.2 Å². The zero-order valence-corrected chi connectivity index (χ0v) is 32.5. The van der Waals surface area contributed by atoms with Gasteiger partial charge in [-0.25, -0.2) is 0 Å². The summed E-state index contributed by atoms with van der Waals surface area (Å²) in [6.07, 6.45) is -0.0967. The van der Waals surface area contributed by atoms with Crippen LogP contribution in [0.3, 0.4) is 0 Å². The van der Waals surface area contributed by atoms with Crippen molar-refractivity contribution in [2.75, 3.05) is 13.2 Å². The van der Waals surface area contributed by atoms with E-state index >= 15 is 0 Å². The number of phenolic OH excluding ortho intramolecular Hbond substituents is 2. The van der Waals surface area contributed by atoms with Gasteiger partial charge in [0.25, 0.3) is 0 Å². The first-order valence-corrected chi connectivity index (χ1v) is 18.7. The molecular weight excluding hydrogens is 657 g/mol. The van der Waals surface area contributed by atoms with Crippen molar-refractivity contribution >= 4 is 15.2 Å². The average molecular weight is 715 g/mol. The van der Waals surface area contributed by atoms with Crippen LogP contribution in [0.15, 0.2) is 24.3 Å². The fourth-order valence-corrected chi connectivity index (χ4v) is 7.09. The van der Waals surface area contributed by atoms with Crippen LogP contribution in [-0.2, 0) is 68.7 Å². The molecule has 0 aliphatic carbocycles. The van der Waals surface area contributed by atoms with Crippen molar-refractivity contribution in [1.29, 1.82) is 0 Å². The molecule has 8 nitrogen and oxygen atoms in total. The summed E-state index contributed by atoms with van der Waals surface area (Å²) in [5.41, 5.74) is 3.53. The second kappa shape index (κ2) is 15.8. The van der Waals surface area contributed by atoms with Crippen molar-refractivity contribution in [2.45, 2.75) is 131 Å². The van der Waals surface area contributed by atoms with Gasteiger partial charge in [-0.1, -0.05) is 107 Å². The number of benzene rings is 2. The Morgan fingerprint density at radius 3 is 0.889 bits per heavy atom. The molecule has 0 amide bonds. The first-order valence-electron chi connectivity index (χ1n) is 15.2. The topological polar surface area (TPSA) is 134 Å². The molecule has 0 saturated heterocycles. The van der Waals surface area contributed by atoms with Crippen molar-refractivity contribution in [1.82, 2.24) is 0 Å². The van der Waals surface area contributed by atoms with Crippen LogP contribution in [0.25, 0.3) is 0 Å². The molecule has 0 saturated carbocycles. The SMILES string of the molecule is CCOP(=O)(O)Cc1cc(C(C)(C)C)c(O)c(C(C)(C)C)c1.CCOP(=O)(O)Cc1cc(C(C)(C)C)c(O)c(C(C)(C)C)c1.[Ni]. The number of aromatic hydroxyl groups is 2. The van der Waals surface area contributed by atoms with E-state index < -0.39 is 15.2 Å².